The van der Waals surface area contributed by atoms with Gasteiger partial charge in [0.1, 0.15) is 0 Å². The molecule has 0 bridgehead atoms. The van der Waals surface area contributed by atoms with Crippen LogP contribution in [0.2, 0.25) is 0 Å². The molecule has 3 nitrogen and oxygen atoms in total. The lowest BCUT2D eigenvalue weighted by Crippen LogP contribution is -2.40. The molecule has 1 aromatic heterocycles. The lowest BCUT2D eigenvalue weighted by molar-refractivity contribution is 0.0582. The van der Waals surface area contributed by atoms with Crippen LogP contribution in [0.15, 0.2) is 115 Å². The van der Waals surface area contributed by atoms with E-state index in [1.54, 1.807) is 0 Å². The van der Waals surface area contributed by atoms with Crippen LogP contribution in [0.4, 0.5) is 0 Å². The van der Waals surface area contributed by atoms with E-state index >= 15 is 0 Å². The van der Waals surface area contributed by atoms with Crippen molar-refractivity contribution < 1.29 is 4.79 Å². The van der Waals surface area contributed by atoms with Crippen LogP contribution < -0.4 is 0 Å². The molecule has 2 atom stereocenters. The summed E-state index contributed by atoms with van der Waals surface area (Å²) in [6, 6.07) is 32.1. The summed E-state index contributed by atoms with van der Waals surface area (Å²) >= 11 is 0. The summed E-state index contributed by atoms with van der Waals surface area (Å²) in [5.74, 6) is 0.0386. The van der Waals surface area contributed by atoms with Crippen molar-refractivity contribution in [1.82, 2.24) is 9.88 Å². The number of carbonyl (C=O) groups excluding carboxylic acids is 1. The standard InChI is InChI=1S/C31H28N2O/c1-22-18-19-28(27-20-23(2)29(32-21-27)24-12-6-3-7-13-24)33(30(22)25-14-8-4-9-15-25)31(34)26-16-10-5-11-17-26/h3-18,20-21,28,30H,19H2,1-2H3/t28-,30+/m0/s1. The van der Waals surface area contributed by atoms with E-state index in [0.717, 1.165) is 34.4 Å². The Hall–Kier alpha value is -3.98. The van der Waals surface area contributed by atoms with E-state index in [-0.39, 0.29) is 18.0 Å². The smallest absolute Gasteiger partial charge is 0.255 e. The van der Waals surface area contributed by atoms with E-state index in [4.69, 9.17) is 4.98 Å². The predicted octanol–water partition coefficient (Wildman–Crippen LogP) is 7.33. The third kappa shape index (κ3) is 4.17. The van der Waals surface area contributed by atoms with Crippen LogP contribution in [0.1, 0.15) is 52.5 Å². The number of aryl methyl sites for hydroxylation is 1. The van der Waals surface area contributed by atoms with Gasteiger partial charge in [-0.05, 0) is 49.1 Å². The maximum Gasteiger partial charge on any atom is 0.255 e. The van der Waals surface area contributed by atoms with E-state index in [9.17, 15) is 4.79 Å². The maximum absolute atomic E-state index is 14.0. The number of aromatic nitrogens is 1. The molecule has 0 aliphatic carbocycles. The molecule has 3 heteroatoms. The molecule has 0 unspecified atom stereocenters. The zero-order chi connectivity index (χ0) is 23.5. The summed E-state index contributed by atoms with van der Waals surface area (Å²) in [7, 11) is 0. The Morgan fingerprint density at radius 3 is 2.09 bits per heavy atom. The molecule has 0 saturated carbocycles. The molecule has 3 aromatic carbocycles. The molecule has 34 heavy (non-hydrogen) atoms. The van der Waals surface area contributed by atoms with Crippen LogP contribution in [-0.4, -0.2) is 15.8 Å². The first-order chi connectivity index (χ1) is 16.6. The van der Waals surface area contributed by atoms with Crippen LogP contribution in [-0.2, 0) is 0 Å². The Bertz CT molecular complexity index is 1310. The van der Waals surface area contributed by atoms with Gasteiger partial charge in [-0.25, -0.2) is 0 Å². The fourth-order valence-corrected chi connectivity index (χ4v) is 4.94. The summed E-state index contributed by atoms with van der Waals surface area (Å²) in [5, 5.41) is 0. The third-order valence-corrected chi connectivity index (χ3v) is 6.61. The molecule has 1 aliphatic rings. The van der Waals surface area contributed by atoms with Crippen molar-refractivity contribution in [2.45, 2.75) is 32.4 Å². The van der Waals surface area contributed by atoms with Gasteiger partial charge in [-0.2, -0.15) is 0 Å². The maximum atomic E-state index is 14.0. The van der Waals surface area contributed by atoms with Crippen molar-refractivity contribution in [1.29, 1.82) is 0 Å². The first kappa shape index (κ1) is 21.8. The average molecular weight is 445 g/mol. The van der Waals surface area contributed by atoms with Crippen LogP contribution in [0.5, 0.6) is 0 Å². The summed E-state index contributed by atoms with van der Waals surface area (Å²) in [5.41, 5.74) is 7.27. The van der Waals surface area contributed by atoms with Gasteiger partial charge in [0.2, 0.25) is 0 Å². The molecule has 1 amide bonds. The van der Waals surface area contributed by atoms with Crippen molar-refractivity contribution in [2.75, 3.05) is 0 Å². The Balaban J connectivity index is 1.60. The summed E-state index contributed by atoms with van der Waals surface area (Å²) in [4.78, 5) is 20.9. The lowest BCUT2D eigenvalue weighted by atomic mass is 9.87. The summed E-state index contributed by atoms with van der Waals surface area (Å²) in [6.07, 6.45) is 4.99. The van der Waals surface area contributed by atoms with Gasteiger partial charge >= 0.3 is 0 Å². The molecule has 0 spiro atoms. The number of rotatable bonds is 4. The van der Waals surface area contributed by atoms with Crippen LogP contribution >= 0.6 is 0 Å². The molecule has 4 aromatic rings. The molecule has 0 N–H and O–H groups in total. The molecule has 168 valence electrons. The predicted molar refractivity (Wildman–Crippen MR) is 137 cm³/mol. The SMILES string of the molecule is CC1=CC[C@@H](c2cnc(-c3ccccc3)c(C)c2)N(C(=O)c2ccccc2)[C@H]1c1ccccc1. The zero-order valence-electron chi connectivity index (χ0n) is 19.6. The Kier molecular flexibility index (Phi) is 6.09. The first-order valence-corrected chi connectivity index (χ1v) is 11.7. The highest BCUT2D eigenvalue weighted by atomic mass is 16.2. The normalized spacial score (nSPS) is 17.8. The number of carbonyl (C=O) groups is 1. The second-order valence-electron chi connectivity index (χ2n) is 8.89. The first-order valence-electron chi connectivity index (χ1n) is 11.7. The number of benzene rings is 3. The highest BCUT2D eigenvalue weighted by Crippen LogP contribution is 2.43. The minimum Gasteiger partial charge on any atom is -0.320 e. The average Bonchev–Trinajstić information content (AvgIpc) is 2.89. The number of amides is 1. The molecule has 5 rings (SSSR count). The van der Waals surface area contributed by atoms with Gasteiger partial charge in [0, 0.05) is 17.3 Å². The van der Waals surface area contributed by atoms with Gasteiger partial charge in [0.15, 0.2) is 0 Å². The fourth-order valence-electron chi connectivity index (χ4n) is 4.94. The van der Waals surface area contributed by atoms with E-state index in [1.165, 1.54) is 5.57 Å². The van der Waals surface area contributed by atoms with E-state index < -0.39 is 0 Å². The fraction of sp³-hybridized carbons (Fsp3) is 0.161. The number of nitrogens with zero attached hydrogens (tertiary/aromatic N) is 2. The van der Waals surface area contributed by atoms with Gasteiger partial charge < -0.3 is 4.90 Å². The highest BCUT2D eigenvalue weighted by molar-refractivity contribution is 5.95. The Morgan fingerprint density at radius 2 is 1.44 bits per heavy atom. The van der Waals surface area contributed by atoms with E-state index in [1.807, 2.05) is 72.9 Å². The number of hydrogen-bond donors (Lipinski definition) is 0. The molecule has 0 fully saturated rings. The molecular weight excluding hydrogens is 416 g/mol. The van der Waals surface area contributed by atoms with Crippen LogP contribution in [0.3, 0.4) is 0 Å². The van der Waals surface area contributed by atoms with Crippen molar-refractivity contribution in [2.24, 2.45) is 0 Å². The largest absolute Gasteiger partial charge is 0.320 e. The van der Waals surface area contributed by atoms with Crippen molar-refractivity contribution >= 4 is 5.91 Å². The molecule has 0 radical (unpaired) electrons. The quantitative estimate of drug-likeness (QED) is 0.309. The number of hydrogen-bond acceptors (Lipinski definition) is 2. The summed E-state index contributed by atoms with van der Waals surface area (Å²) in [6.45, 7) is 4.22. The van der Waals surface area contributed by atoms with Crippen molar-refractivity contribution in [3.8, 4) is 11.3 Å². The minimum absolute atomic E-state index is 0.0386. The second kappa shape index (κ2) is 9.48. The van der Waals surface area contributed by atoms with Gasteiger partial charge in [0.05, 0.1) is 17.8 Å². The van der Waals surface area contributed by atoms with Gasteiger partial charge in [-0.3, -0.25) is 9.78 Å². The lowest BCUT2D eigenvalue weighted by Gasteiger charge is -2.42. The van der Waals surface area contributed by atoms with Crippen LogP contribution in [0.25, 0.3) is 11.3 Å². The molecular formula is C31H28N2O. The van der Waals surface area contributed by atoms with Gasteiger partial charge in [-0.15, -0.1) is 0 Å². The Morgan fingerprint density at radius 1 is 0.824 bits per heavy atom. The van der Waals surface area contributed by atoms with Crippen molar-refractivity contribution in [3.05, 3.63) is 137 Å². The highest BCUT2D eigenvalue weighted by Gasteiger charge is 2.37. The van der Waals surface area contributed by atoms with Crippen molar-refractivity contribution in [3.63, 3.8) is 0 Å². The number of pyridine rings is 1. The van der Waals surface area contributed by atoms with E-state index in [0.29, 0.717) is 5.56 Å². The molecule has 1 aliphatic heterocycles. The van der Waals surface area contributed by atoms with Gasteiger partial charge in [0.25, 0.3) is 5.91 Å². The second-order valence-corrected chi connectivity index (χ2v) is 8.89. The zero-order valence-corrected chi connectivity index (χ0v) is 19.6. The molecule has 0 saturated heterocycles. The minimum atomic E-state index is -0.123. The topological polar surface area (TPSA) is 33.2 Å². The Labute approximate surface area is 201 Å². The van der Waals surface area contributed by atoms with Gasteiger partial charge in [-0.1, -0.05) is 96.6 Å². The van der Waals surface area contributed by atoms with Crippen LogP contribution in [0, 0.1) is 6.92 Å². The summed E-state index contributed by atoms with van der Waals surface area (Å²) < 4.78 is 0. The molecule has 2 heterocycles. The monoisotopic (exact) mass is 444 g/mol. The third-order valence-electron chi connectivity index (χ3n) is 6.61. The van der Waals surface area contributed by atoms with E-state index in [2.05, 4.69) is 55.2 Å².